The molecule has 0 unspecified atom stereocenters. The summed E-state index contributed by atoms with van der Waals surface area (Å²) in [4.78, 5) is 10.2. The molecule has 0 saturated heterocycles. The first-order valence-corrected chi connectivity index (χ1v) is 5.36. The lowest BCUT2D eigenvalue weighted by molar-refractivity contribution is -0.384. The minimum absolute atomic E-state index is 0.102. The molecular weight excluding hydrogens is 206 g/mol. The third-order valence-electron chi connectivity index (χ3n) is 3.05. The number of hydrogen-bond acceptors (Lipinski definition) is 4. The second kappa shape index (κ2) is 4.09. The van der Waals surface area contributed by atoms with Crippen molar-refractivity contribution in [2.45, 2.75) is 24.8 Å². The van der Waals surface area contributed by atoms with Gasteiger partial charge in [-0.2, -0.15) is 0 Å². The van der Waals surface area contributed by atoms with Gasteiger partial charge in [0.2, 0.25) is 0 Å². The topological polar surface area (TPSA) is 81.2 Å². The highest BCUT2D eigenvalue weighted by Crippen LogP contribution is 2.29. The number of nitrogens with one attached hydrogen (secondary N) is 1. The molecule has 0 radical (unpaired) electrons. The lowest BCUT2D eigenvalue weighted by Crippen LogP contribution is -2.51. The summed E-state index contributed by atoms with van der Waals surface area (Å²) in [7, 11) is 0. The minimum Gasteiger partial charge on any atom is -0.383 e. The molecule has 0 atom stereocenters. The first-order chi connectivity index (χ1) is 7.59. The lowest BCUT2D eigenvalue weighted by atomic mass is 9.78. The molecule has 1 aliphatic carbocycles. The van der Waals surface area contributed by atoms with Gasteiger partial charge in [0.1, 0.15) is 0 Å². The van der Waals surface area contributed by atoms with Crippen LogP contribution in [0.4, 0.5) is 11.4 Å². The van der Waals surface area contributed by atoms with Gasteiger partial charge in [0.25, 0.3) is 5.69 Å². The van der Waals surface area contributed by atoms with E-state index in [0.717, 1.165) is 18.5 Å². The molecule has 0 aliphatic heterocycles. The number of hydrogen-bond donors (Lipinski definition) is 2. The van der Waals surface area contributed by atoms with E-state index >= 15 is 0 Å². The highest BCUT2D eigenvalue weighted by molar-refractivity contribution is 5.51. The molecule has 86 valence electrons. The van der Waals surface area contributed by atoms with Gasteiger partial charge in [0.15, 0.2) is 0 Å². The van der Waals surface area contributed by atoms with Crippen molar-refractivity contribution >= 4 is 11.4 Å². The van der Waals surface area contributed by atoms with Gasteiger partial charge in [-0.25, -0.2) is 0 Å². The van der Waals surface area contributed by atoms with Crippen LogP contribution < -0.4 is 11.1 Å². The molecule has 0 aromatic heterocycles. The van der Waals surface area contributed by atoms with Gasteiger partial charge in [-0.3, -0.25) is 10.1 Å². The SMILES string of the molecule is NC1(CNc2cccc([N+](=O)[O-])c2)CCC1. The second-order valence-electron chi connectivity index (χ2n) is 4.38. The van der Waals surface area contributed by atoms with E-state index in [-0.39, 0.29) is 11.2 Å². The van der Waals surface area contributed by atoms with Crippen LogP contribution in [0.2, 0.25) is 0 Å². The van der Waals surface area contributed by atoms with Crippen molar-refractivity contribution in [2.75, 3.05) is 11.9 Å². The van der Waals surface area contributed by atoms with Gasteiger partial charge >= 0.3 is 0 Å². The number of nitro benzene ring substituents is 1. The zero-order chi connectivity index (χ0) is 11.6. The smallest absolute Gasteiger partial charge is 0.271 e. The standard InChI is InChI=1S/C11H15N3O2/c12-11(5-2-6-11)8-13-9-3-1-4-10(7-9)14(15)16/h1,3-4,7,13H,2,5-6,8,12H2. The third kappa shape index (κ3) is 2.30. The van der Waals surface area contributed by atoms with Crippen molar-refractivity contribution in [3.63, 3.8) is 0 Å². The molecule has 1 aliphatic rings. The Hall–Kier alpha value is -1.62. The van der Waals surface area contributed by atoms with Crippen LogP contribution in [0, 0.1) is 10.1 Å². The Kier molecular flexibility index (Phi) is 2.78. The maximum Gasteiger partial charge on any atom is 0.271 e. The molecule has 0 bridgehead atoms. The van der Waals surface area contributed by atoms with Gasteiger partial charge in [0.05, 0.1) is 4.92 Å². The maximum absolute atomic E-state index is 10.6. The molecule has 5 nitrogen and oxygen atoms in total. The van der Waals surface area contributed by atoms with E-state index in [2.05, 4.69) is 5.32 Å². The van der Waals surface area contributed by atoms with E-state index in [1.807, 2.05) is 6.07 Å². The molecule has 1 saturated carbocycles. The monoisotopic (exact) mass is 221 g/mol. The third-order valence-corrected chi connectivity index (χ3v) is 3.05. The molecule has 1 fully saturated rings. The van der Waals surface area contributed by atoms with Crippen molar-refractivity contribution in [3.8, 4) is 0 Å². The zero-order valence-corrected chi connectivity index (χ0v) is 8.98. The van der Waals surface area contributed by atoms with E-state index in [4.69, 9.17) is 5.73 Å². The first kappa shape index (κ1) is 10.9. The van der Waals surface area contributed by atoms with E-state index in [9.17, 15) is 10.1 Å². The van der Waals surface area contributed by atoms with Gasteiger partial charge in [-0.1, -0.05) is 6.07 Å². The molecule has 5 heteroatoms. The number of nitro groups is 1. The fourth-order valence-electron chi connectivity index (χ4n) is 1.82. The van der Waals surface area contributed by atoms with Crippen LogP contribution in [0.1, 0.15) is 19.3 Å². The Morgan fingerprint density at radius 1 is 1.50 bits per heavy atom. The van der Waals surface area contributed by atoms with Crippen LogP contribution in [0.5, 0.6) is 0 Å². The van der Waals surface area contributed by atoms with Crippen molar-refractivity contribution in [3.05, 3.63) is 34.4 Å². The average molecular weight is 221 g/mol. The van der Waals surface area contributed by atoms with E-state index < -0.39 is 4.92 Å². The predicted octanol–water partition coefficient (Wildman–Crippen LogP) is 1.89. The summed E-state index contributed by atoms with van der Waals surface area (Å²) >= 11 is 0. The normalized spacial score (nSPS) is 17.6. The second-order valence-corrected chi connectivity index (χ2v) is 4.38. The summed E-state index contributed by atoms with van der Waals surface area (Å²) in [6.45, 7) is 0.675. The molecule has 0 heterocycles. The fourth-order valence-corrected chi connectivity index (χ4v) is 1.82. The lowest BCUT2D eigenvalue weighted by Gasteiger charge is -2.38. The van der Waals surface area contributed by atoms with Crippen LogP contribution in [0.15, 0.2) is 24.3 Å². The summed E-state index contributed by atoms with van der Waals surface area (Å²) < 4.78 is 0. The summed E-state index contributed by atoms with van der Waals surface area (Å²) in [5.41, 5.74) is 6.79. The summed E-state index contributed by atoms with van der Waals surface area (Å²) in [6.07, 6.45) is 3.22. The van der Waals surface area contributed by atoms with Crippen molar-refractivity contribution in [1.29, 1.82) is 0 Å². The van der Waals surface area contributed by atoms with Gasteiger partial charge in [-0.05, 0) is 25.3 Å². The molecule has 1 aromatic rings. The molecular formula is C11H15N3O2. The fraction of sp³-hybridized carbons (Fsp3) is 0.455. The van der Waals surface area contributed by atoms with Crippen molar-refractivity contribution in [1.82, 2.24) is 0 Å². The van der Waals surface area contributed by atoms with Crippen LogP contribution >= 0.6 is 0 Å². The summed E-state index contributed by atoms with van der Waals surface area (Å²) in [6, 6.07) is 6.49. The predicted molar refractivity (Wildman–Crippen MR) is 62.4 cm³/mol. The van der Waals surface area contributed by atoms with E-state index in [1.54, 1.807) is 6.07 Å². The molecule has 16 heavy (non-hydrogen) atoms. The van der Waals surface area contributed by atoms with Gasteiger partial charge in [0, 0.05) is 29.9 Å². The van der Waals surface area contributed by atoms with Crippen molar-refractivity contribution in [2.24, 2.45) is 5.73 Å². The van der Waals surface area contributed by atoms with E-state index in [0.29, 0.717) is 6.54 Å². The molecule has 1 aromatic carbocycles. The van der Waals surface area contributed by atoms with E-state index in [1.165, 1.54) is 18.6 Å². The quantitative estimate of drug-likeness (QED) is 0.601. The highest BCUT2D eigenvalue weighted by atomic mass is 16.6. The average Bonchev–Trinajstić information content (AvgIpc) is 2.24. The van der Waals surface area contributed by atoms with Crippen LogP contribution in [0.3, 0.4) is 0 Å². The Balaban J connectivity index is 1.98. The minimum atomic E-state index is -0.396. The largest absolute Gasteiger partial charge is 0.383 e. The number of nitrogens with zero attached hydrogens (tertiary/aromatic N) is 1. The molecule has 0 amide bonds. The highest BCUT2D eigenvalue weighted by Gasteiger charge is 2.31. The van der Waals surface area contributed by atoms with Gasteiger partial charge < -0.3 is 11.1 Å². The summed E-state index contributed by atoms with van der Waals surface area (Å²) in [5, 5.41) is 13.7. The number of nitrogens with two attached hydrogens (primary N) is 1. The first-order valence-electron chi connectivity index (χ1n) is 5.36. The van der Waals surface area contributed by atoms with Gasteiger partial charge in [-0.15, -0.1) is 0 Å². The number of non-ortho nitro benzene ring substituents is 1. The molecule has 3 N–H and O–H groups in total. The Morgan fingerprint density at radius 2 is 2.25 bits per heavy atom. The number of rotatable bonds is 4. The zero-order valence-electron chi connectivity index (χ0n) is 8.98. The Bertz CT molecular complexity index is 402. The molecule has 2 rings (SSSR count). The molecule has 0 spiro atoms. The Labute approximate surface area is 93.8 Å². The van der Waals surface area contributed by atoms with Crippen LogP contribution in [0.25, 0.3) is 0 Å². The van der Waals surface area contributed by atoms with Crippen LogP contribution in [-0.2, 0) is 0 Å². The number of benzene rings is 1. The van der Waals surface area contributed by atoms with Crippen molar-refractivity contribution < 1.29 is 4.92 Å². The Morgan fingerprint density at radius 3 is 2.81 bits per heavy atom. The summed E-state index contributed by atoms with van der Waals surface area (Å²) in [5.74, 6) is 0. The number of anilines is 1. The van der Waals surface area contributed by atoms with Crippen LogP contribution in [-0.4, -0.2) is 17.0 Å². The maximum atomic E-state index is 10.6.